The second kappa shape index (κ2) is 11.8. The van der Waals surface area contributed by atoms with Crippen LogP contribution in [0.3, 0.4) is 0 Å². The lowest BCUT2D eigenvalue weighted by Crippen LogP contribution is -2.42. The Morgan fingerprint density at radius 2 is 1.13 bits per heavy atom. The molecule has 31 heavy (non-hydrogen) atoms. The smallest absolute Gasteiger partial charge is 0.324 e. The van der Waals surface area contributed by atoms with E-state index in [2.05, 4.69) is 0 Å². The highest BCUT2D eigenvalue weighted by atomic mass is 16.6. The van der Waals surface area contributed by atoms with Crippen molar-refractivity contribution in [3.8, 4) is 0 Å². The first-order chi connectivity index (χ1) is 14.7. The molecule has 0 radical (unpaired) electrons. The molecule has 0 spiro atoms. The Kier molecular flexibility index (Phi) is 9.85. The molecule has 0 bridgehead atoms. The highest BCUT2D eigenvalue weighted by Gasteiger charge is 2.49. The fourth-order valence-electron chi connectivity index (χ4n) is 3.40. The zero-order valence-corrected chi connectivity index (χ0v) is 18.2. The van der Waals surface area contributed by atoms with Crippen molar-refractivity contribution in [2.75, 3.05) is 28.4 Å². The third-order valence-corrected chi connectivity index (χ3v) is 5.14. The van der Waals surface area contributed by atoms with E-state index < -0.39 is 46.9 Å². The van der Waals surface area contributed by atoms with Gasteiger partial charge in [-0.05, 0) is 31.8 Å². The molecule has 170 valence electrons. The van der Waals surface area contributed by atoms with Crippen LogP contribution in [0.2, 0.25) is 0 Å². The maximum atomic E-state index is 12.5. The van der Waals surface area contributed by atoms with E-state index in [9.17, 15) is 24.0 Å². The van der Waals surface area contributed by atoms with Crippen molar-refractivity contribution in [2.45, 2.75) is 32.1 Å². The monoisotopic (exact) mass is 436 g/mol. The van der Waals surface area contributed by atoms with Gasteiger partial charge in [-0.1, -0.05) is 30.4 Å². The molecule has 0 atom stereocenters. The first-order valence-electron chi connectivity index (χ1n) is 9.58. The minimum atomic E-state index is -1.82. The van der Waals surface area contributed by atoms with Crippen LogP contribution < -0.4 is 0 Å². The summed E-state index contributed by atoms with van der Waals surface area (Å²) in [6.45, 7) is 0. The van der Waals surface area contributed by atoms with Gasteiger partial charge in [0.25, 0.3) is 0 Å². The van der Waals surface area contributed by atoms with Crippen LogP contribution in [0.25, 0.3) is 0 Å². The molecular formula is C22H28O9. The third kappa shape index (κ3) is 5.90. The lowest BCUT2D eigenvalue weighted by molar-refractivity contribution is -0.171. The van der Waals surface area contributed by atoms with E-state index in [1.165, 1.54) is 38.5 Å². The van der Waals surface area contributed by atoms with Crippen molar-refractivity contribution in [3.05, 3.63) is 36.5 Å². The molecule has 0 aromatic rings. The number of esters is 4. The maximum Gasteiger partial charge on any atom is 0.324 e. The van der Waals surface area contributed by atoms with Gasteiger partial charge in [-0.3, -0.25) is 24.0 Å². The molecule has 0 heterocycles. The van der Waals surface area contributed by atoms with E-state index in [-0.39, 0.29) is 25.7 Å². The SMILES string of the molecule is COC(=O)C1(C(=O)OC)C/C=C/C=C\CC(C(=O)OC)(C(=O)OC)CC(=O)/C=C\CC1. The summed E-state index contributed by atoms with van der Waals surface area (Å²) in [5.74, 6) is -3.75. The summed E-state index contributed by atoms with van der Waals surface area (Å²) in [4.78, 5) is 62.2. The van der Waals surface area contributed by atoms with Crippen LogP contribution >= 0.6 is 0 Å². The van der Waals surface area contributed by atoms with Crippen molar-refractivity contribution in [1.82, 2.24) is 0 Å². The van der Waals surface area contributed by atoms with Gasteiger partial charge in [-0.2, -0.15) is 0 Å². The predicted octanol–water partition coefficient (Wildman–Crippen LogP) is 1.85. The number of hydrogen-bond donors (Lipinski definition) is 0. The summed E-state index contributed by atoms with van der Waals surface area (Å²) in [6, 6.07) is 0. The molecule has 0 unspecified atom stereocenters. The second-order valence-electron chi connectivity index (χ2n) is 6.98. The van der Waals surface area contributed by atoms with Crippen LogP contribution in [0, 0.1) is 10.8 Å². The summed E-state index contributed by atoms with van der Waals surface area (Å²) < 4.78 is 19.2. The minimum absolute atomic E-state index is 0.00236. The van der Waals surface area contributed by atoms with E-state index in [1.54, 1.807) is 12.2 Å². The molecule has 0 aliphatic heterocycles. The first kappa shape index (κ1) is 25.8. The molecular weight excluding hydrogens is 408 g/mol. The molecule has 0 aromatic heterocycles. The van der Waals surface area contributed by atoms with Gasteiger partial charge in [-0.15, -0.1) is 0 Å². The quantitative estimate of drug-likeness (QED) is 0.369. The van der Waals surface area contributed by atoms with E-state index in [0.29, 0.717) is 0 Å². The molecule has 0 fully saturated rings. The highest BCUT2D eigenvalue weighted by Crippen LogP contribution is 2.34. The van der Waals surface area contributed by atoms with Crippen LogP contribution in [0.1, 0.15) is 32.1 Å². The Morgan fingerprint density at radius 1 is 0.710 bits per heavy atom. The zero-order chi connectivity index (χ0) is 23.5. The van der Waals surface area contributed by atoms with Crippen LogP contribution in [0.15, 0.2) is 36.5 Å². The second-order valence-corrected chi connectivity index (χ2v) is 6.98. The average molecular weight is 436 g/mol. The molecule has 0 saturated carbocycles. The van der Waals surface area contributed by atoms with Crippen LogP contribution in [0.5, 0.6) is 0 Å². The largest absolute Gasteiger partial charge is 0.468 e. The van der Waals surface area contributed by atoms with Gasteiger partial charge in [0, 0.05) is 6.42 Å². The fourth-order valence-corrected chi connectivity index (χ4v) is 3.40. The molecule has 0 aromatic carbocycles. The average Bonchev–Trinajstić information content (AvgIpc) is 2.79. The first-order valence-corrected chi connectivity index (χ1v) is 9.58. The molecule has 9 heteroatoms. The topological polar surface area (TPSA) is 122 Å². The maximum absolute atomic E-state index is 12.5. The lowest BCUT2D eigenvalue weighted by atomic mass is 9.78. The van der Waals surface area contributed by atoms with Gasteiger partial charge in [0.2, 0.25) is 0 Å². The van der Waals surface area contributed by atoms with Crippen molar-refractivity contribution >= 4 is 29.7 Å². The number of ketones is 1. The number of methoxy groups -OCH3 is 4. The standard InChI is InChI=1S/C22H28O9/c1-28-17(24)21(18(25)29-2)12-8-5-6-9-14-22(19(26)30-3,20(27)31-4)15-16(23)11-7-10-13-21/h5-9,11H,10,12-15H2,1-4H3/b8-5+,9-6-,11-7-. The van der Waals surface area contributed by atoms with Crippen LogP contribution in [-0.4, -0.2) is 58.1 Å². The summed E-state index contributed by atoms with van der Waals surface area (Å²) in [5.41, 5.74) is -3.38. The number of carbonyl (C=O) groups excluding carboxylic acids is 5. The van der Waals surface area contributed by atoms with Crippen molar-refractivity contribution < 1.29 is 42.9 Å². The highest BCUT2D eigenvalue weighted by molar-refractivity contribution is 6.06. The van der Waals surface area contributed by atoms with Gasteiger partial charge in [0.05, 0.1) is 28.4 Å². The Hall–Kier alpha value is -3.23. The third-order valence-electron chi connectivity index (χ3n) is 5.14. The van der Waals surface area contributed by atoms with Gasteiger partial charge in [0.1, 0.15) is 0 Å². The normalized spacial score (nSPS) is 21.5. The van der Waals surface area contributed by atoms with Gasteiger partial charge in [0.15, 0.2) is 16.6 Å². The van der Waals surface area contributed by atoms with Crippen molar-refractivity contribution in [3.63, 3.8) is 0 Å². The molecule has 9 nitrogen and oxygen atoms in total. The number of rotatable bonds is 4. The van der Waals surface area contributed by atoms with Crippen molar-refractivity contribution in [1.29, 1.82) is 0 Å². The summed E-state index contributed by atoms with van der Waals surface area (Å²) in [7, 11) is 4.62. The van der Waals surface area contributed by atoms with Crippen LogP contribution in [0.4, 0.5) is 0 Å². The van der Waals surface area contributed by atoms with Gasteiger partial charge >= 0.3 is 23.9 Å². The number of allylic oxidation sites excluding steroid dienone is 6. The lowest BCUT2D eigenvalue weighted by Gasteiger charge is -2.27. The van der Waals surface area contributed by atoms with E-state index in [1.807, 2.05) is 0 Å². The van der Waals surface area contributed by atoms with E-state index in [4.69, 9.17) is 18.9 Å². The molecule has 1 aliphatic rings. The van der Waals surface area contributed by atoms with Crippen molar-refractivity contribution in [2.24, 2.45) is 10.8 Å². The number of hydrogen-bond acceptors (Lipinski definition) is 9. The predicted molar refractivity (Wildman–Crippen MR) is 108 cm³/mol. The fraction of sp³-hybridized carbons (Fsp3) is 0.500. The summed E-state index contributed by atoms with van der Waals surface area (Å²) in [6.07, 6.45) is 8.44. The number of ether oxygens (including phenoxy) is 4. The Balaban J connectivity index is 3.39. The van der Waals surface area contributed by atoms with Gasteiger partial charge in [-0.25, -0.2) is 0 Å². The summed E-state index contributed by atoms with van der Waals surface area (Å²) >= 11 is 0. The Morgan fingerprint density at radius 3 is 1.58 bits per heavy atom. The summed E-state index contributed by atoms with van der Waals surface area (Å²) in [5, 5.41) is 0. The molecule has 0 saturated heterocycles. The molecule has 1 rings (SSSR count). The molecule has 0 N–H and O–H groups in total. The van der Waals surface area contributed by atoms with Crippen LogP contribution in [-0.2, 0) is 42.9 Å². The Bertz CT molecular complexity index is 757. The Labute approximate surface area is 181 Å². The molecule has 1 aliphatic carbocycles. The minimum Gasteiger partial charge on any atom is -0.468 e. The van der Waals surface area contributed by atoms with Gasteiger partial charge < -0.3 is 18.9 Å². The van der Waals surface area contributed by atoms with E-state index in [0.717, 1.165) is 14.2 Å². The number of carbonyl (C=O) groups is 5. The molecule has 0 amide bonds. The zero-order valence-electron chi connectivity index (χ0n) is 18.2. The van der Waals surface area contributed by atoms with E-state index >= 15 is 0 Å².